The third-order valence-corrected chi connectivity index (χ3v) is 3.23. The number of hydrogen-bond acceptors (Lipinski definition) is 3. The number of rotatable bonds is 6. The molecule has 122 valence electrons. The quantitative estimate of drug-likeness (QED) is 0.884. The summed E-state index contributed by atoms with van der Waals surface area (Å²) < 4.78 is 5.71. The lowest BCUT2D eigenvalue weighted by molar-refractivity contribution is -0.122. The van der Waals surface area contributed by atoms with Gasteiger partial charge in [0.2, 0.25) is 5.91 Å². The average Bonchev–Trinajstić information content (AvgIpc) is 2.51. The van der Waals surface area contributed by atoms with Crippen LogP contribution in [0.4, 0.5) is 0 Å². The third kappa shape index (κ3) is 6.51. The Morgan fingerprint density at radius 3 is 2.48 bits per heavy atom. The van der Waals surface area contributed by atoms with Crippen LogP contribution in [-0.2, 0) is 17.9 Å². The van der Waals surface area contributed by atoms with E-state index in [0.29, 0.717) is 19.6 Å². The van der Waals surface area contributed by atoms with Gasteiger partial charge in [0.15, 0.2) is 0 Å². The summed E-state index contributed by atoms with van der Waals surface area (Å²) >= 11 is 0. The Bertz CT molecular complexity index is 616. The number of nitrogens with zero attached hydrogens (tertiary/aromatic N) is 1. The second-order valence-electron chi connectivity index (χ2n) is 6.81. The van der Waals surface area contributed by atoms with E-state index in [0.717, 1.165) is 16.9 Å². The molecule has 23 heavy (non-hydrogen) atoms. The maximum atomic E-state index is 11.8. The van der Waals surface area contributed by atoms with Gasteiger partial charge >= 0.3 is 0 Å². The maximum Gasteiger partial charge on any atom is 0.220 e. The first kappa shape index (κ1) is 17.0. The van der Waals surface area contributed by atoms with Crippen LogP contribution in [-0.4, -0.2) is 10.9 Å². The predicted molar refractivity (Wildman–Crippen MR) is 90.9 cm³/mol. The van der Waals surface area contributed by atoms with Crippen LogP contribution in [0.5, 0.6) is 5.75 Å². The highest BCUT2D eigenvalue weighted by atomic mass is 16.5. The second kappa shape index (κ2) is 7.77. The summed E-state index contributed by atoms with van der Waals surface area (Å²) in [5, 5.41) is 2.94. The summed E-state index contributed by atoms with van der Waals surface area (Å²) in [6, 6.07) is 11.6. The first-order valence-corrected chi connectivity index (χ1v) is 7.80. The third-order valence-electron chi connectivity index (χ3n) is 3.23. The summed E-state index contributed by atoms with van der Waals surface area (Å²) in [4.78, 5) is 15.9. The van der Waals surface area contributed by atoms with Gasteiger partial charge < -0.3 is 10.1 Å². The number of amides is 1. The van der Waals surface area contributed by atoms with Crippen molar-refractivity contribution >= 4 is 5.91 Å². The van der Waals surface area contributed by atoms with Crippen molar-refractivity contribution < 1.29 is 9.53 Å². The number of carbonyl (C=O) groups is 1. The molecule has 4 nitrogen and oxygen atoms in total. The Morgan fingerprint density at radius 1 is 1.13 bits per heavy atom. The Balaban J connectivity index is 1.79. The van der Waals surface area contributed by atoms with E-state index in [1.54, 1.807) is 12.4 Å². The van der Waals surface area contributed by atoms with Crippen LogP contribution in [0.15, 0.2) is 48.8 Å². The van der Waals surface area contributed by atoms with Gasteiger partial charge in [-0.15, -0.1) is 0 Å². The summed E-state index contributed by atoms with van der Waals surface area (Å²) in [5.74, 6) is 0.882. The summed E-state index contributed by atoms with van der Waals surface area (Å²) in [5.41, 5.74) is 2.10. The van der Waals surface area contributed by atoms with E-state index in [9.17, 15) is 4.79 Å². The molecule has 1 N–H and O–H groups in total. The molecule has 0 aliphatic heterocycles. The van der Waals surface area contributed by atoms with Crippen LogP contribution in [0.3, 0.4) is 0 Å². The first-order chi connectivity index (χ1) is 10.9. The highest BCUT2D eigenvalue weighted by molar-refractivity contribution is 5.76. The van der Waals surface area contributed by atoms with E-state index in [4.69, 9.17) is 4.74 Å². The van der Waals surface area contributed by atoms with Gasteiger partial charge in [0, 0.05) is 30.9 Å². The van der Waals surface area contributed by atoms with Gasteiger partial charge in [-0.1, -0.05) is 39.0 Å². The molecule has 0 aliphatic rings. The molecule has 0 saturated carbocycles. The number of pyridine rings is 1. The highest BCUT2D eigenvalue weighted by Crippen LogP contribution is 2.18. The van der Waals surface area contributed by atoms with E-state index in [1.165, 1.54) is 0 Å². The van der Waals surface area contributed by atoms with Crippen molar-refractivity contribution in [2.75, 3.05) is 0 Å². The van der Waals surface area contributed by atoms with Gasteiger partial charge in [-0.3, -0.25) is 9.78 Å². The van der Waals surface area contributed by atoms with E-state index >= 15 is 0 Å². The summed E-state index contributed by atoms with van der Waals surface area (Å²) in [6.45, 7) is 7.20. The molecule has 0 atom stereocenters. The Labute approximate surface area is 137 Å². The molecule has 1 aromatic carbocycles. The number of nitrogens with one attached hydrogen (secondary N) is 1. The Morgan fingerprint density at radius 2 is 1.87 bits per heavy atom. The lowest BCUT2D eigenvalue weighted by atomic mass is 9.92. The van der Waals surface area contributed by atoms with Gasteiger partial charge in [-0.05, 0) is 29.2 Å². The molecule has 2 aromatic rings. The van der Waals surface area contributed by atoms with Crippen molar-refractivity contribution in [3.05, 3.63) is 59.9 Å². The van der Waals surface area contributed by atoms with Crippen LogP contribution in [0.2, 0.25) is 0 Å². The van der Waals surface area contributed by atoms with Crippen LogP contribution in [0, 0.1) is 5.41 Å². The second-order valence-corrected chi connectivity index (χ2v) is 6.81. The van der Waals surface area contributed by atoms with E-state index in [1.807, 2.05) is 36.4 Å². The van der Waals surface area contributed by atoms with Crippen molar-refractivity contribution in [1.82, 2.24) is 10.3 Å². The van der Waals surface area contributed by atoms with E-state index in [-0.39, 0.29) is 11.3 Å². The van der Waals surface area contributed by atoms with Gasteiger partial charge in [0.25, 0.3) is 0 Å². The largest absolute Gasteiger partial charge is 0.489 e. The minimum atomic E-state index is 0.00801. The van der Waals surface area contributed by atoms with Gasteiger partial charge in [-0.2, -0.15) is 0 Å². The van der Waals surface area contributed by atoms with E-state index in [2.05, 4.69) is 31.1 Å². The highest BCUT2D eigenvalue weighted by Gasteiger charge is 2.15. The predicted octanol–water partition coefficient (Wildman–Crippen LogP) is 3.71. The number of aromatic nitrogens is 1. The fourth-order valence-corrected chi connectivity index (χ4v) is 2.10. The molecule has 2 rings (SSSR count). The zero-order valence-corrected chi connectivity index (χ0v) is 14.0. The van der Waals surface area contributed by atoms with Crippen molar-refractivity contribution in [2.24, 2.45) is 5.41 Å². The molecule has 0 unspecified atom stereocenters. The monoisotopic (exact) mass is 312 g/mol. The molecular weight excluding hydrogens is 288 g/mol. The molecule has 1 aromatic heterocycles. The molecular formula is C19H24N2O2. The molecule has 1 amide bonds. The molecule has 0 bridgehead atoms. The molecule has 4 heteroatoms. The van der Waals surface area contributed by atoms with Crippen LogP contribution >= 0.6 is 0 Å². The maximum absolute atomic E-state index is 11.8. The smallest absolute Gasteiger partial charge is 0.220 e. The van der Waals surface area contributed by atoms with Crippen molar-refractivity contribution in [3.63, 3.8) is 0 Å². The fraction of sp³-hybridized carbons (Fsp3) is 0.368. The lowest BCUT2D eigenvalue weighted by Gasteiger charge is -2.17. The standard InChI is InChI=1S/C19H24N2O2/c1-19(2,3)11-18(22)21-13-15-6-8-17(9-7-15)23-14-16-5-4-10-20-12-16/h4-10,12H,11,13-14H2,1-3H3,(H,21,22). The Hall–Kier alpha value is -2.36. The number of hydrogen-bond donors (Lipinski definition) is 1. The molecule has 0 radical (unpaired) electrons. The van der Waals surface area contributed by atoms with Gasteiger partial charge in [0.1, 0.15) is 12.4 Å². The first-order valence-electron chi connectivity index (χ1n) is 7.80. The number of ether oxygens (including phenoxy) is 1. The Kier molecular flexibility index (Phi) is 5.74. The molecule has 0 spiro atoms. The van der Waals surface area contributed by atoms with Crippen LogP contribution in [0.1, 0.15) is 38.3 Å². The van der Waals surface area contributed by atoms with Crippen molar-refractivity contribution in [2.45, 2.75) is 40.3 Å². The zero-order chi connectivity index (χ0) is 16.7. The lowest BCUT2D eigenvalue weighted by Crippen LogP contribution is -2.27. The minimum Gasteiger partial charge on any atom is -0.489 e. The summed E-state index contributed by atoms with van der Waals surface area (Å²) in [7, 11) is 0. The molecule has 0 fully saturated rings. The van der Waals surface area contributed by atoms with Crippen LogP contribution < -0.4 is 10.1 Å². The van der Waals surface area contributed by atoms with Crippen molar-refractivity contribution in [3.8, 4) is 5.75 Å². The zero-order valence-electron chi connectivity index (χ0n) is 14.0. The minimum absolute atomic E-state index is 0.00801. The average molecular weight is 312 g/mol. The van der Waals surface area contributed by atoms with Gasteiger partial charge in [0.05, 0.1) is 0 Å². The van der Waals surface area contributed by atoms with Crippen LogP contribution in [0.25, 0.3) is 0 Å². The SMILES string of the molecule is CC(C)(C)CC(=O)NCc1ccc(OCc2cccnc2)cc1. The molecule has 0 aliphatic carbocycles. The van der Waals surface area contributed by atoms with Gasteiger partial charge in [-0.25, -0.2) is 0 Å². The topological polar surface area (TPSA) is 51.2 Å². The molecule has 0 saturated heterocycles. The fourth-order valence-electron chi connectivity index (χ4n) is 2.10. The number of carbonyl (C=O) groups excluding carboxylic acids is 1. The number of benzene rings is 1. The normalized spacial score (nSPS) is 11.1. The summed E-state index contributed by atoms with van der Waals surface area (Å²) in [6.07, 6.45) is 4.06. The molecule has 1 heterocycles. The van der Waals surface area contributed by atoms with E-state index < -0.39 is 0 Å². The van der Waals surface area contributed by atoms with Crippen molar-refractivity contribution in [1.29, 1.82) is 0 Å².